The van der Waals surface area contributed by atoms with Gasteiger partial charge in [-0.25, -0.2) is 4.39 Å². The summed E-state index contributed by atoms with van der Waals surface area (Å²) in [5.74, 6) is 1.52. The number of nitrogens with zero attached hydrogens (tertiary/aromatic N) is 1. The second-order valence-electron chi connectivity index (χ2n) is 9.52. The van der Waals surface area contributed by atoms with Crippen molar-refractivity contribution >= 4 is 12.6 Å². The lowest BCUT2D eigenvalue weighted by Gasteiger charge is -2.32. The first-order valence-corrected chi connectivity index (χ1v) is 10.1. The van der Waals surface area contributed by atoms with Crippen LogP contribution in [0.4, 0.5) is 4.39 Å². The molecule has 0 N–H and O–H groups in total. The molecule has 0 bridgehead atoms. The van der Waals surface area contributed by atoms with E-state index in [1.54, 1.807) is 6.07 Å². The van der Waals surface area contributed by atoms with Gasteiger partial charge in [0.05, 0.1) is 11.2 Å². The van der Waals surface area contributed by atoms with E-state index in [4.69, 9.17) is 9.31 Å². The highest BCUT2D eigenvalue weighted by Crippen LogP contribution is 2.37. The van der Waals surface area contributed by atoms with Gasteiger partial charge in [-0.3, -0.25) is 4.90 Å². The molecule has 4 rings (SSSR count). The molecule has 26 heavy (non-hydrogen) atoms. The first kappa shape index (κ1) is 18.5. The maximum absolute atomic E-state index is 14.8. The average molecular weight is 359 g/mol. The summed E-state index contributed by atoms with van der Waals surface area (Å²) in [4.78, 5) is 2.46. The van der Waals surface area contributed by atoms with E-state index in [0.29, 0.717) is 6.54 Å². The molecule has 3 nitrogen and oxygen atoms in total. The molecular formula is C21H31BFNO2. The summed E-state index contributed by atoms with van der Waals surface area (Å²) < 4.78 is 26.9. The molecule has 0 spiro atoms. The number of hydrogen-bond donors (Lipinski definition) is 0. The Kier molecular flexibility index (Phi) is 4.69. The summed E-state index contributed by atoms with van der Waals surface area (Å²) in [6.07, 6.45) is 5.35. The van der Waals surface area contributed by atoms with Crippen molar-refractivity contribution in [2.75, 3.05) is 13.1 Å². The SMILES string of the molecule is CC1(C)OB(c2ccc(CN(CC3CC3)CC3CC3)c(F)c2)OC1(C)C. The van der Waals surface area contributed by atoms with Gasteiger partial charge in [-0.05, 0) is 76.7 Å². The van der Waals surface area contributed by atoms with Crippen molar-refractivity contribution in [1.29, 1.82) is 0 Å². The maximum Gasteiger partial charge on any atom is 0.494 e. The molecule has 3 aliphatic rings. The monoisotopic (exact) mass is 359 g/mol. The Bertz CT molecular complexity index is 640. The summed E-state index contributed by atoms with van der Waals surface area (Å²) in [6.45, 7) is 11.0. The van der Waals surface area contributed by atoms with Crippen LogP contribution in [0.1, 0.15) is 58.9 Å². The van der Waals surface area contributed by atoms with Crippen LogP contribution in [-0.2, 0) is 15.9 Å². The van der Waals surface area contributed by atoms with Gasteiger partial charge in [0, 0.05) is 25.2 Å². The van der Waals surface area contributed by atoms with Gasteiger partial charge in [0.2, 0.25) is 0 Å². The second-order valence-corrected chi connectivity index (χ2v) is 9.52. The Hall–Kier alpha value is -0.905. The van der Waals surface area contributed by atoms with Crippen molar-refractivity contribution in [3.63, 3.8) is 0 Å². The third kappa shape index (κ3) is 4.00. The number of benzene rings is 1. The highest BCUT2D eigenvalue weighted by Gasteiger charge is 2.51. The zero-order chi connectivity index (χ0) is 18.5. The minimum absolute atomic E-state index is 0.145. The largest absolute Gasteiger partial charge is 0.494 e. The third-order valence-electron chi connectivity index (χ3n) is 6.42. The van der Waals surface area contributed by atoms with Crippen LogP contribution >= 0.6 is 0 Å². The first-order valence-electron chi connectivity index (χ1n) is 10.1. The van der Waals surface area contributed by atoms with Gasteiger partial charge in [0.1, 0.15) is 5.82 Å². The van der Waals surface area contributed by atoms with E-state index in [1.807, 2.05) is 39.8 Å². The fourth-order valence-corrected chi connectivity index (χ4v) is 3.59. The Balaban J connectivity index is 1.45. The molecular weight excluding hydrogens is 328 g/mol. The number of rotatable bonds is 7. The highest BCUT2D eigenvalue weighted by molar-refractivity contribution is 6.62. The lowest BCUT2D eigenvalue weighted by molar-refractivity contribution is 0.00578. The summed E-state index contributed by atoms with van der Waals surface area (Å²) in [7, 11) is -0.502. The molecule has 1 saturated heterocycles. The van der Waals surface area contributed by atoms with E-state index in [0.717, 1.165) is 36.0 Å². The quantitative estimate of drug-likeness (QED) is 0.693. The Morgan fingerprint density at radius 2 is 1.54 bits per heavy atom. The van der Waals surface area contributed by atoms with E-state index in [1.165, 1.54) is 25.7 Å². The molecule has 0 aromatic heterocycles. The lowest BCUT2D eigenvalue weighted by atomic mass is 9.78. The van der Waals surface area contributed by atoms with Crippen LogP contribution < -0.4 is 5.46 Å². The van der Waals surface area contributed by atoms with Gasteiger partial charge in [-0.15, -0.1) is 0 Å². The molecule has 1 aromatic carbocycles. The molecule has 1 heterocycles. The van der Waals surface area contributed by atoms with E-state index in [9.17, 15) is 4.39 Å². The summed E-state index contributed by atoms with van der Waals surface area (Å²) >= 11 is 0. The van der Waals surface area contributed by atoms with E-state index >= 15 is 0 Å². The lowest BCUT2D eigenvalue weighted by Crippen LogP contribution is -2.41. The van der Waals surface area contributed by atoms with Crippen molar-refractivity contribution in [3.8, 4) is 0 Å². The second kappa shape index (κ2) is 6.61. The van der Waals surface area contributed by atoms with Crippen LogP contribution in [0.5, 0.6) is 0 Å². The van der Waals surface area contributed by atoms with Gasteiger partial charge >= 0.3 is 7.12 Å². The minimum Gasteiger partial charge on any atom is -0.399 e. The predicted octanol–water partition coefficient (Wildman–Crippen LogP) is 3.75. The standard InChI is InChI=1S/C21H31BFNO2/c1-20(2)21(3,4)26-22(25-20)18-10-9-17(19(23)11-18)14-24(12-15-5-6-15)13-16-7-8-16/h9-11,15-16H,5-8,12-14H2,1-4H3. The maximum atomic E-state index is 14.8. The smallest absolute Gasteiger partial charge is 0.399 e. The third-order valence-corrected chi connectivity index (χ3v) is 6.42. The van der Waals surface area contributed by atoms with Gasteiger partial charge in [0.25, 0.3) is 0 Å². The molecule has 1 aliphatic heterocycles. The summed E-state index contributed by atoms with van der Waals surface area (Å²) in [5.41, 5.74) is 0.739. The van der Waals surface area contributed by atoms with E-state index in [2.05, 4.69) is 4.90 Å². The van der Waals surface area contributed by atoms with E-state index in [-0.39, 0.29) is 5.82 Å². The number of halogens is 1. The van der Waals surface area contributed by atoms with Gasteiger partial charge in [-0.2, -0.15) is 0 Å². The molecule has 142 valence electrons. The van der Waals surface area contributed by atoms with Crippen LogP contribution in [0.3, 0.4) is 0 Å². The van der Waals surface area contributed by atoms with Gasteiger partial charge < -0.3 is 9.31 Å². The Morgan fingerprint density at radius 1 is 1.00 bits per heavy atom. The van der Waals surface area contributed by atoms with Crippen molar-refractivity contribution in [1.82, 2.24) is 4.90 Å². The summed E-state index contributed by atoms with van der Waals surface area (Å²) in [6, 6.07) is 5.49. The first-order chi connectivity index (χ1) is 12.2. The highest BCUT2D eigenvalue weighted by atomic mass is 19.1. The summed E-state index contributed by atoms with van der Waals surface area (Å²) in [5, 5.41) is 0. The van der Waals surface area contributed by atoms with Gasteiger partial charge in [0.15, 0.2) is 0 Å². The normalized spacial score (nSPS) is 24.5. The fraction of sp³-hybridized carbons (Fsp3) is 0.714. The molecule has 2 aliphatic carbocycles. The zero-order valence-electron chi connectivity index (χ0n) is 16.6. The topological polar surface area (TPSA) is 21.7 Å². The van der Waals surface area contributed by atoms with Crippen LogP contribution in [0.2, 0.25) is 0 Å². The Labute approximate surface area is 157 Å². The molecule has 0 unspecified atom stereocenters. The van der Waals surface area contributed by atoms with Crippen LogP contribution in [0.25, 0.3) is 0 Å². The minimum atomic E-state index is -0.502. The van der Waals surface area contributed by atoms with Crippen LogP contribution in [0, 0.1) is 17.7 Å². The zero-order valence-corrected chi connectivity index (χ0v) is 16.6. The van der Waals surface area contributed by atoms with E-state index < -0.39 is 18.3 Å². The molecule has 0 amide bonds. The van der Waals surface area contributed by atoms with Gasteiger partial charge in [-0.1, -0.05) is 12.1 Å². The molecule has 1 aromatic rings. The Morgan fingerprint density at radius 3 is 2.00 bits per heavy atom. The fourth-order valence-electron chi connectivity index (χ4n) is 3.59. The van der Waals surface area contributed by atoms with Crippen LogP contribution in [-0.4, -0.2) is 36.3 Å². The van der Waals surface area contributed by atoms with Crippen molar-refractivity contribution < 1.29 is 13.7 Å². The van der Waals surface area contributed by atoms with Crippen molar-refractivity contribution in [3.05, 3.63) is 29.6 Å². The molecule has 2 saturated carbocycles. The molecule has 5 heteroatoms. The molecule has 0 radical (unpaired) electrons. The number of hydrogen-bond acceptors (Lipinski definition) is 3. The predicted molar refractivity (Wildman–Crippen MR) is 103 cm³/mol. The van der Waals surface area contributed by atoms with Crippen LogP contribution in [0.15, 0.2) is 18.2 Å². The molecule has 0 atom stereocenters. The molecule has 3 fully saturated rings. The van der Waals surface area contributed by atoms with Crippen molar-refractivity contribution in [2.24, 2.45) is 11.8 Å². The van der Waals surface area contributed by atoms with Crippen molar-refractivity contribution in [2.45, 2.75) is 71.1 Å². The average Bonchev–Trinajstić information content (AvgIpc) is 3.44.